The van der Waals surface area contributed by atoms with Gasteiger partial charge in [0.2, 0.25) is 0 Å². The number of nitrogens with one attached hydrogen (secondary N) is 1. The Bertz CT molecular complexity index is 251. The van der Waals surface area contributed by atoms with E-state index in [4.69, 9.17) is 0 Å². The zero-order valence-corrected chi connectivity index (χ0v) is 9.10. The van der Waals surface area contributed by atoms with E-state index in [0.29, 0.717) is 12.1 Å². The third-order valence-corrected chi connectivity index (χ3v) is 3.59. The molecule has 1 saturated carbocycles. The molecule has 2 heteroatoms. The fourth-order valence-corrected chi connectivity index (χ4v) is 2.50. The molecule has 1 aliphatic carbocycles. The van der Waals surface area contributed by atoms with Crippen molar-refractivity contribution >= 4 is 11.3 Å². The van der Waals surface area contributed by atoms with Crippen molar-refractivity contribution in [3.63, 3.8) is 0 Å². The van der Waals surface area contributed by atoms with Gasteiger partial charge in [-0.2, -0.15) is 11.3 Å². The lowest BCUT2D eigenvalue weighted by atomic mass is 10.1. The number of thiophene rings is 1. The predicted octanol–water partition coefficient (Wildman–Crippen LogP) is 3.20. The monoisotopic (exact) mass is 195 g/mol. The van der Waals surface area contributed by atoms with Gasteiger partial charge in [-0.25, -0.2) is 0 Å². The zero-order valence-electron chi connectivity index (χ0n) is 8.29. The molecule has 1 fully saturated rings. The maximum Gasteiger partial charge on any atom is 0.0302 e. The standard InChI is InChI=1S/C11H17NS/c1-8(10-3-4-10)12-9(2)11-5-6-13-7-11/h5-10,12H,3-4H2,1-2H3. The van der Waals surface area contributed by atoms with Gasteiger partial charge in [-0.05, 0) is 55.0 Å². The highest BCUT2D eigenvalue weighted by Crippen LogP contribution is 2.33. The molecule has 0 aromatic carbocycles. The highest BCUT2D eigenvalue weighted by atomic mass is 32.1. The summed E-state index contributed by atoms with van der Waals surface area (Å²) < 4.78 is 0. The topological polar surface area (TPSA) is 12.0 Å². The van der Waals surface area contributed by atoms with Gasteiger partial charge in [0.05, 0.1) is 0 Å². The Morgan fingerprint density at radius 1 is 1.46 bits per heavy atom. The van der Waals surface area contributed by atoms with Gasteiger partial charge in [0.25, 0.3) is 0 Å². The van der Waals surface area contributed by atoms with E-state index in [2.05, 4.69) is 36.0 Å². The van der Waals surface area contributed by atoms with Gasteiger partial charge in [-0.3, -0.25) is 0 Å². The summed E-state index contributed by atoms with van der Waals surface area (Å²) in [6, 6.07) is 3.42. The smallest absolute Gasteiger partial charge is 0.0302 e. The third kappa shape index (κ3) is 2.32. The lowest BCUT2D eigenvalue weighted by molar-refractivity contribution is 0.442. The maximum atomic E-state index is 3.65. The Labute approximate surface area is 84.2 Å². The lowest BCUT2D eigenvalue weighted by Gasteiger charge is -2.18. The minimum absolute atomic E-state index is 0.516. The van der Waals surface area contributed by atoms with Crippen molar-refractivity contribution in [2.75, 3.05) is 0 Å². The van der Waals surface area contributed by atoms with Gasteiger partial charge < -0.3 is 5.32 Å². The summed E-state index contributed by atoms with van der Waals surface area (Å²) in [6.07, 6.45) is 2.84. The van der Waals surface area contributed by atoms with Crippen LogP contribution >= 0.6 is 11.3 Å². The van der Waals surface area contributed by atoms with Crippen LogP contribution < -0.4 is 5.32 Å². The second-order valence-electron chi connectivity index (χ2n) is 4.07. The highest BCUT2D eigenvalue weighted by Gasteiger charge is 2.28. The van der Waals surface area contributed by atoms with Crippen LogP contribution in [0.2, 0.25) is 0 Å². The van der Waals surface area contributed by atoms with Crippen LogP contribution in [-0.4, -0.2) is 6.04 Å². The Morgan fingerprint density at radius 2 is 2.23 bits per heavy atom. The van der Waals surface area contributed by atoms with Crippen molar-refractivity contribution in [3.05, 3.63) is 22.4 Å². The molecular formula is C11H17NS. The first-order chi connectivity index (χ1) is 6.27. The molecule has 2 unspecified atom stereocenters. The quantitative estimate of drug-likeness (QED) is 0.778. The summed E-state index contributed by atoms with van der Waals surface area (Å²) in [6.45, 7) is 4.56. The second-order valence-corrected chi connectivity index (χ2v) is 4.85. The summed E-state index contributed by atoms with van der Waals surface area (Å²) >= 11 is 1.78. The normalized spacial score (nSPS) is 21.4. The molecule has 0 amide bonds. The SMILES string of the molecule is CC(NC(C)C1CC1)c1ccsc1. The Kier molecular flexibility index (Phi) is 2.70. The second kappa shape index (κ2) is 3.81. The molecule has 0 bridgehead atoms. The molecule has 0 spiro atoms. The first-order valence-electron chi connectivity index (χ1n) is 5.05. The van der Waals surface area contributed by atoms with E-state index in [1.807, 2.05) is 0 Å². The average Bonchev–Trinajstić information content (AvgIpc) is 2.81. The summed E-state index contributed by atoms with van der Waals surface area (Å²) in [7, 11) is 0. The fraction of sp³-hybridized carbons (Fsp3) is 0.636. The number of hydrogen-bond donors (Lipinski definition) is 1. The Hall–Kier alpha value is -0.340. The zero-order chi connectivity index (χ0) is 9.26. The molecule has 1 N–H and O–H groups in total. The molecule has 0 radical (unpaired) electrons. The first-order valence-corrected chi connectivity index (χ1v) is 6.00. The van der Waals surface area contributed by atoms with Crippen molar-refractivity contribution in [1.29, 1.82) is 0 Å². The van der Waals surface area contributed by atoms with E-state index < -0.39 is 0 Å². The maximum absolute atomic E-state index is 3.65. The van der Waals surface area contributed by atoms with Crippen molar-refractivity contribution in [2.45, 2.75) is 38.8 Å². The Morgan fingerprint density at radius 3 is 2.77 bits per heavy atom. The molecule has 1 nitrogen and oxygen atoms in total. The van der Waals surface area contributed by atoms with Crippen LogP contribution in [0.25, 0.3) is 0 Å². The predicted molar refractivity (Wildman–Crippen MR) is 58.1 cm³/mol. The summed E-state index contributed by atoms with van der Waals surface area (Å²) in [5.41, 5.74) is 1.43. The van der Waals surface area contributed by atoms with Crippen LogP contribution in [0.5, 0.6) is 0 Å². The van der Waals surface area contributed by atoms with E-state index >= 15 is 0 Å². The van der Waals surface area contributed by atoms with Crippen molar-refractivity contribution < 1.29 is 0 Å². The van der Waals surface area contributed by atoms with E-state index in [0.717, 1.165) is 5.92 Å². The van der Waals surface area contributed by atoms with E-state index in [1.54, 1.807) is 11.3 Å². The molecule has 1 heterocycles. The number of rotatable bonds is 4. The van der Waals surface area contributed by atoms with Crippen LogP contribution in [-0.2, 0) is 0 Å². The van der Waals surface area contributed by atoms with Crippen LogP contribution in [0.4, 0.5) is 0 Å². The van der Waals surface area contributed by atoms with Crippen molar-refractivity contribution in [1.82, 2.24) is 5.32 Å². The van der Waals surface area contributed by atoms with Crippen LogP contribution in [0.15, 0.2) is 16.8 Å². The highest BCUT2D eigenvalue weighted by molar-refractivity contribution is 7.07. The van der Waals surface area contributed by atoms with Crippen LogP contribution in [0, 0.1) is 5.92 Å². The van der Waals surface area contributed by atoms with Gasteiger partial charge >= 0.3 is 0 Å². The van der Waals surface area contributed by atoms with Crippen LogP contribution in [0.3, 0.4) is 0 Å². The molecule has 1 aliphatic rings. The largest absolute Gasteiger partial charge is 0.307 e. The Balaban J connectivity index is 1.87. The minimum Gasteiger partial charge on any atom is -0.307 e. The van der Waals surface area contributed by atoms with Crippen molar-refractivity contribution in [2.24, 2.45) is 5.92 Å². The summed E-state index contributed by atoms with van der Waals surface area (Å²) in [4.78, 5) is 0. The molecule has 1 aromatic heterocycles. The van der Waals surface area contributed by atoms with Crippen LogP contribution in [0.1, 0.15) is 38.3 Å². The first kappa shape index (κ1) is 9.22. The average molecular weight is 195 g/mol. The van der Waals surface area contributed by atoms with Gasteiger partial charge in [-0.1, -0.05) is 0 Å². The molecule has 2 rings (SSSR count). The van der Waals surface area contributed by atoms with Gasteiger partial charge in [-0.15, -0.1) is 0 Å². The lowest BCUT2D eigenvalue weighted by Crippen LogP contribution is -2.30. The molecule has 72 valence electrons. The van der Waals surface area contributed by atoms with Gasteiger partial charge in [0.1, 0.15) is 0 Å². The minimum atomic E-state index is 0.516. The van der Waals surface area contributed by atoms with Gasteiger partial charge in [0, 0.05) is 12.1 Å². The fourth-order valence-electron chi connectivity index (χ4n) is 1.74. The molecule has 0 aliphatic heterocycles. The summed E-state index contributed by atoms with van der Waals surface area (Å²) in [5.74, 6) is 0.945. The van der Waals surface area contributed by atoms with Gasteiger partial charge in [0.15, 0.2) is 0 Å². The molecular weight excluding hydrogens is 178 g/mol. The number of hydrogen-bond acceptors (Lipinski definition) is 2. The molecule has 2 atom stereocenters. The summed E-state index contributed by atoms with van der Waals surface area (Å²) in [5, 5.41) is 8.03. The van der Waals surface area contributed by atoms with E-state index in [1.165, 1.54) is 18.4 Å². The van der Waals surface area contributed by atoms with E-state index in [9.17, 15) is 0 Å². The molecule has 1 aromatic rings. The molecule has 13 heavy (non-hydrogen) atoms. The van der Waals surface area contributed by atoms with Crippen molar-refractivity contribution in [3.8, 4) is 0 Å². The van der Waals surface area contributed by atoms with E-state index in [-0.39, 0.29) is 0 Å². The molecule has 0 saturated heterocycles. The third-order valence-electron chi connectivity index (χ3n) is 2.89.